The van der Waals surface area contributed by atoms with Gasteiger partial charge in [-0.15, -0.1) is 0 Å². The normalized spacial score (nSPS) is 20.4. The summed E-state index contributed by atoms with van der Waals surface area (Å²) in [7, 11) is -3.21. The smallest absolute Gasteiger partial charge is 0.328 e. The number of benzene rings is 1. The van der Waals surface area contributed by atoms with Gasteiger partial charge in [0.2, 0.25) is 15.9 Å². The molecular formula is C21H30ClN3O5S. The Morgan fingerprint density at radius 1 is 1.06 bits per heavy atom. The largest absolute Gasteiger partial charge is 0.465 e. The number of piperazine rings is 1. The van der Waals surface area contributed by atoms with Crippen LogP contribution in [0.15, 0.2) is 24.3 Å². The number of hydrogen-bond donors (Lipinski definition) is 0. The van der Waals surface area contributed by atoms with Crippen LogP contribution in [0.25, 0.3) is 0 Å². The lowest BCUT2D eigenvalue weighted by Crippen LogP contribution is -2.53. The average Bonchev–Trinajstić information content (AvgIpc) is 2.75. The maximum Gasteiger partial charge on any atom is 0.328 e. The molecule has 1 aromatic carbocycles. The number of nitrogens with zero attached hydrogens (tertiary/aromatic N) is 3. The van der Waals surface area contributed by atoms with Gasteiger partial charge in [-0.05, 0) is 37.5 Å². The zero-order valence-electron chi connectivity index (χ0n) is 18.0. The molecule has 31 heavy (non-hydrogen) atoms. The van der Waals surface area contributed by atoms with Gasteiger partial charge in [-0.1, -0.05) is 23.7 Å². The highest BCUT2D eigenvalue weighted by Crippen LogP contribution is 2.27. The number of ether oxygens (including phenoxy) is 1. The third kappa shape index (κ3) is 5.97. The molecule has 0 saturated carbocycles. The van der Waals surface area contributed by atoms with Crippen LogP contribution in [-0.2, 0) is 24.3 Å². The first-order valence-corrected chi connectivity index (χ1v) is 12.8. The van der Waals surface area contributed by atoms with Gasteiger partial charge in [0.05, 0.1) is 12.9 Å². The standard InChI is InChI=1S/C21H30ClN3O5S/c1-3-30-21(27)19(16-4-6-18(22)7-5-16)23-12-14-24(15-13-23)20(26)17-8-10-25(11-9-17)31(2,28)29/h4-7,17,19H,3,8-15H2,1-2H3. The second-order valence-electron chi connectivity index (χ2n) is 8.00. The lowest BCUT2D eigenvalue weighted by Gasteiger charge is -2.40. The van der Waals surface area contributed by atoms with E-state index >= 15 is 0 Å². The number of piperidine rings is 1. The van der Waals surface area contributed by atoms with Gasteiger partial charge in [0, 0.05) is 50.2 Å². The maximum atomic E-state index is 13.0. The monoisotopic (exact) mass is 471 g/mol. The zero-order valence-corrected chi connectivity index (χ0v) is 19.6. The van der Waals surface area contributed by atoms with E-state index in [4.69, 9.17) is 16.3 Å². The quantitative estimate of drug-likeness (QED) is 0.587. The lowest BCUT2D eigenvalue weighted by atomic mass is 9.96. The van der Waals surface area contributed by atoms with E-state index in [-0.39, 0.29) is 17.8 Å². The van der Waals surface area contributed by atoms with Crippen LogP contribution in [0.4, 0.5) is 0 Å². The first-order chi connectivity index (χ1) is 14.7. The lowest BCUT2D eigenvalue weighted by molar-refractivity contribution is -0.151. The Morgan fingerprint density at radius 2 is 1.65 bits per heavy atom. The number of sulfonamides is 1. The summed E-state index contributed by atoms with van der Waals surface area (Å²) < 4.78 is 30.1. The first-order valence-electron chi connectivity index (χ1n) is 10.6. The molecule has 0 radical (unpaired) electrons. The molecule has 0 bridgehead atoms. The predicted octanol–water partition coefficient (Wildman–Crippen LogP) is 1.76. The highest BCUT2D eigenvalue weighted by Gasteiger charge is 2.36. The van der Waals surface area contributed by atoms with E-state index < -0.39 is 16.1 Å². The molecule has 172 valence electrons. The van der Waals surface area contributed by atoms with Crippen LogP contribution < -0.4 is 0 Å². The molecule has 2 aliphatic rings. The molecule has 0 aromatic heterocycles. The maximum absolute atomic E-state index is 13.0. The molecule has 1 aromatic rings. The molecule has 0 aliphatic carbocycles. The molecule has 1 amide bonds. The molecule has 0 spiro atoms. The van der Waals surface area contributed by atoms with Crippen molar-refractivity contribution in [2.45, 2.75) is 25.8 Å². The SMILES string of the molecule is CCOC(=O)C(c1ccc(Cl)cc1)N1CCN(C(=O)C2CCN(S(C)(=O)=O)CC2)CC1. The fraction of sp³-hybridized carbons (Fsp3) is 0.619. The minimum absolute atomic E-state index is 0.0759. The van der Waals surface area contributed by atoms with Crippen LogP contribution in [0.2, 0.25) is 5.02 Å². The van der Waals surface area contributed by atoms with Crippen molar-refractivity contribution in [2.24, 2.45) is 5.92 Å². The number of esters is 1. The van der Waals surface area contributed by atoms with Crippen molar-refractivity contribution in [1.29, 1.82) is 0 Å². The summed E-state index contributed by atoms with van der Waals surface area (Å²) in [5, 5.41) is 0.601. The molecule has 2 heterocycles. The Kier molecular flexibility index (Phi) is 7.96. The van der Waals surface area contributed by atoms with Crippen molar-refractivity contribution < 1.29 is 22.7 Å². The molecule has 2 aliphatic heterocycles. The highest BCUT2D eigenvalue weighted by molar-refractivity contribution is 7.88. The van der Waals surface area contributed by atoms with Gasteiger partial charge in [0.1, 0.15) is 6.04 Å². The third-order valence-corrected chi connectivity index (χ3v) is 7.51. The van der Waals surface area contributed by atoms with Crippen LogP contribution in [0.3, 0.4) is 0 Å². The Hall–Kier alpha value is -1.68. The van der Waals surface area contributed by atoms with Gasteiger partial charge in [0.15, 0.2) is 0 Å². The second kappa shape index (κ2) is 10.3. The molecule has 1 unspecified atom stereocenters. The van der Waals surface area contributed by atoms with Crippen molar-refractivity contribution in [3.8, 4) is 0 Å². The minimum Gasteiger partial charge on any atom is -0.465 e. The van der Waals surface area contributed by atoms with Gasteiger partial charge in [-0.2, -0.15) is 0 Å². The topological polar surface area (TPSA) is 87.2 Å². The van der Waals surface area contributed by atoms with Crippen molar-refractivity contribution in [1.82, 2.24) is 14.1 Å². The van der Waals surface area contributed by atoms with Crippen molar-refractivity contribution >= 4 is 33.5 Å². The Morgan fingerprint density at radius 3 is 2.16 bits per heavy atom. The van der Waals surface area contributed by atoms with Gasteiger partial charge in [-0.25, -0.2) is 17.5 Å². The van der Waals surface area contributed by atoms with E-state index in [1.165, 1.54) is 10.6 Å². The molecule has 2 fully saturated rings. The van der Waals surface area contributed by atoms with E-state index in [1.54, 1.807) is 19.1 Å². The van der Waals surface area contributed by atoms with E-state index in [0.717, 1.165) is 5.56 Å². The molecule has 3 rings (SSSR count). The summed E-state index contributed by atoms with van der Waals surface area (Å²) in [4.78, 5) is 29.5. The Bertz CT molecular complexity index is 877. The number of rotatable bonds is 6. The number of hydrogen-bond acceptors (Lipinski definition) is 6. The number of halogens is 1. The highest BCUT2D eigenvalue weighted by atomic mass is 35.5. The van der Waals surface area contributed by atoms with Gasteiger partial charge >= 0.3 is 5.97 Å². The van der Waals surface area contributed by atoms with Gasteiger partial charge in [0.25, 0.3) is 0 Å². The third-order valence-electron chi connectivity index (χ3n) is 5.96. The van der Waals surface area contributed by atoms with Crippen molar-refractivity contribution in [2.75, 3.05) is 52.1 Å². The molecule has 0 N–H and O–H groups in total. The fourth-order valence-electron chi connectivity index (χ4n) is 4.26. The number of carbonyl (C=O) groups excluding carboxylic acids is 2. The van der Waals surface area contributed by atoms with Gasteiger partial charge in [-0.3, -0.25) is 9.69 Å². The Balaban J connectivity index is 1.61. The van der Waals surface area contributed by atoms with Crippen LogP contribution in [0, 0.1) is 5.92 Å². The van der Waals surface area contributed by atoms with E-state index in [2.05, 4.69) is 0 Å². The van der Waals surface area contributed by atoms with Crippen LogP contribution in [0.1, 0.15) is 31.4 Å². The van der Waals surface area contributed by atoms with E-state index in [9.17, 15) is 18.0 Å². The summed E-state index contributed by atoms with van der Waals surface area (Å²) in [5.74, 6) is -0.383. The van der Waals surface area contributed by atoms with Crippen LogP contribution in [0.5, 0.6) is 0 Å². The summed E-state index contributed by atoms with van der Waals surface area (Å²) in [6.07, 6.45) is 2.29. The predicted molar refractivity (Wildman–Crippen MR) is 118 cm³/mol. The molecule has 8 nitrogen and oxygen atoms in total. The zero-order chi connectivity index (χ0) is 22.6. The van der Waals surface area contributed by atoms with Crippen molar-refractivity contribution in [3.05, 3.63) is 34.9 Å². The average molecular weight is 472 g/mol. The first kappa shape index (κ1) is 24.0. The summed E-state index contributed by atoms with van der Waals surface area (Å²) in [6.45, 7) is 5.01. The van der Waals surface area contributed by atoms with Gasteiger partial charge < -0.3 is 9.64 Å². The van der Waals surface area contributed by atoms with E-state index in [1.807, 2.05) is 21.9 Å². The fourth-order valence-corrected chi connectivity index (χ4v) is 5.26. The van der Waals surface area contributed by atoms with Crippen molar-refractivity contribution in [3.63, 3.8) is 0 Å². The van der Waals surface area contributed by atoms with Crippen LogP contribution in [-0.4, -0.2) is 86.5 Å². The Labute approximate surface area is 189 Å². The number of amides is 1. The summed E-state index contributed by atoms with van der Waals surface area (Å²) >= 11 is 5.99. The minimum atomic E-state index is -3.21. The number of carbonyl (C=O) groups is 2. The van der Waals surface area contributed by atoms with Crippen LogP contribution >= 0.6 is 11.6 Å². The molecular weight excluding hydrogens is 442 g/mol. The van der Waals surface area contributed by atoms with E-state index in [0.29, 0.717) is 63.7 Å². The molecule has 1 atom stereocenters. The molecule has 2 saturated heterocycles. The second-order valence-corrected chi connectivity index (χ2v) is 10.4. The molecule has 10 heteroatoms. The summed E-state index contributed by atoms with van der Waals surface area (Å²) in [6, 6.07) is 6.64. The summed E-state index contributed by atoms with van der Waals surface area (Å²) in [5.41, 5.74) is 0.816.